The Hall–Kier alpha value is -2.67. The molecule has 7 heteroatoms. The van der Waals surface area contributed by atoms with Gasteiger partial charge in [0.1, 0.15) is 4.88 Å². The molecule has 0 atom stereocenters. The molecule has 29 heavy (non-hydrogen) atoms. The molecule has 0 saturated heterocycles. The van der Waals surface area contributed by atoms with Gasteiger partial charge in [0, 0.05) is 10.6 Å². The highest BCUT2D eigenvalue weighted by Crippen LogP contribution is 2.29. The molecular formula is C22H26N2O4S. The molecule has 0 radical (unpaired) electrons. The number of hydrogen-bond donors (Lipinski definition) is 2. The first-order chi connectivity index (χ1) is 14.1. The van der Waals surface area contributed by atoms with Crippen LogP contribution in [0.1, 0.15) is 51.9 Å². The molecule has 1 aromatic heterocycles. The van der Waals surface area contributed by atoms with Gasteiger partial charge in [0.25, 0.3) is 5.91 Å². The van der Waals surface area contributed by atoms with E-state index in [-0.39, 0.29) is 12.5 Å². The minimum atomic E-state index is -0.504. The van der Waals surface area contributed by atoms with Crippen LogP contribution in [0.2, 0.25) is 0 Å². The van der Waals surface area contributed by atoms with Crippen LogP contribution in [0.4, 0.5) is 5.69 Å². The third kappa shape index (κ3) is 5.90. The molecule has 1 aromatic carbocycles. The number of amides is 2. The summed E-state index contributed by atoms with van der Waals surface area (Å²) in [5.41, 5.74) is 2.99. The van der Waals surface area contributed by atoms with Gasteiger partial charge in [0.05, 0.1) is 6.54 Å². The molecule has 1 heterocycles. The molecule has 1 aliphatic carbocycles. The summed E-state index contributed by atoms with van der Waals surface area (Å²) in [7, 11) is 0. The van der Waals surface area contributed by atoms with Crippen LogP contribution < -0.4 is 10.6 Å². The normalized spacial score (nSPS) is 13.1. The monoisotopic (exact) mass is 414 g/mol. The van der Waals surface area contributed by atoms with Gasteiger partial charge in [-0.2, -0.15) is 0 Å². The zero-order valence-corrected chi connectivity index (χ0v) is 17.4. The number of esters is 1. The first-order valence-corrected chi connectivity index (χ1v) is 10.8. The summed E-state index contributed by atoms with van der Waals surface area (Å²) in [5.74, 6) is -1.32. The van der Waals surface area contributed by atoms with Gasteiger partial charge in [0.15, 0.2) is 6.61 Å². The molecule has 154 valence electrons. The van der Waals surface area contributed by atoms with Crippen LogP contribution in [0, 0.1) is 0 Å². The SMILES string of the molecule is CCc1ccccc1NC(=O)CNC(=O)COC(=O)c1cc2c(s1)CCCCC2. The van der Waals surface area contributed by atoms with E-state index in [0.717, 1.165) is 43.4 Å². The fourth-order valence-corrected chi connectivity index (χ4v) is 4.49. The smallest absolute Gasteiger partial charge is 0.348 e. The molecule has 2 amide bonds. The summed E-state index contributed by atoms with van der Waals surface area (Å²) in [6.07, 6.45) is 6.31. The van der Waals surface area contributed by atoms with Crippen molar-refractivity contribution < 1.29 is 19.1 Å². The van der Waals surface area contributed by atoms with Crippen molar-refractivity contribution in [3.05, 3.63) is 51.2 Å². The van der Waals surface area contributed by atoms with Crippen molar-refractivity contribution in [3.63, 3.8) is 0 Å². The van der Waals surface area contributed by atoms with Crippen molar-refractivity contribution in [3.8, 4) is 0 Å². The Labute approximate surface area is 174 Å². The maximum Gasteiger partial charge on any atom is 0.348 e. The first kappa shape index (κ1) is 21.0. The van der Waals surface area contributed by atoms with Crippen LogP contribution >= 0.6 is 11.3 Å². The lowest BCUT2D eigenvalue weighted by Gasteiger charge is -2.10. The molecule has 0 unspecified atom stereocenters. The van der Waals surface area contributed by atoms with E-state index in [2.05, 4.69) is 10.6 Å². The third-order valence-corrected chi connectivity index (χ3v) is 6.12. The summed E-state index contributed by atoms with van der Waals surface area (Å²) in [6.45, 7) is 1.43. The number of hydrogen-bond acceptors (Lipinski definition) is 5. The van der Waals surface area contributed by atoms with Crippen molar-refractivity contribution in [1.82, 2.24) is 5.32 Å². The molecule has 0 fully saturated rings. The number of anilines is 1. The van der Waals surface area contributed by atoms with Gasteiger partial charge in [0.2, 0.25) is 5.91 Å². The number of fused-ring (bicyclic) bond motifs is 1. The largest absolute Gasteiger partial charge is 0.451 e. The Morgan fingerprint density at radius 3 is 2.69 bits per heavy atom. The van der Waals surface area contributed by atoms with E-state index in [1.807, 2.05) is 37.3 Å². The van der Waals surface area contributed by atoms with Crippen LogP contribution in [0.25, 0.3) is 0 Å². The average molecular weight is 415 g/mol. The molecule has 2 N–H and O–H groups in total. The zero-order chi connectivity index (χ0) is 20.6. The van der Waals surface area contributed by atoms with Gasteiger partial charge in [-0.15, -0.1) is 11.3 Å². The predicted molar refractivity (Wildman–Crippen MR) is 113 cm³/mol. The predicted octanol–water partition coefficient (Wildman–Crippen LogP) is 3.49. The van der Waals surface area contributed by atoms with E-state index in [0.29, 0.717) is 4.88 Å². The van der Waals surface area contributed by atoms with Gasteiger partial charge in [-0.25, -0.2) is 4.79 Å². The first-order valence-electron chi connectivity index (χ1n) is 10.00. The van der Waals surface area contributed by atoms with E-state index in [4.69, 9.17) is 4.74 Å². The number of carbonyl (C=O) groups is 3. The lowest BCUT2D eigenvalue weighted by atomic mass is 10.1. The van der Waals surface area contributed by atoms with Crippen molar-refractivity contribution in [1.29, 1.82) is 0 Å². The second-order valence-electron chi connectivity index (χ2n) is 7.03. The molecule has 2 aromatic rings. The summed E-state index contributed by atoms with van der Waals surface area (Å²) in [5, 5.41) is 5.26. The second kappa shape index (κ2) is 10.2. The highest BCUT2D eigenvalue weighted by atomic mass is 32.1. The molecular weight excluding hydrogens is 388 g/mol. The number of nitrogens with one attached hydrogen (secondary N) is 2. The molecule has 0 saturated carbocycles. The molecule has 0 aliphatic heterocycles. The molecule has 3 rings (SSSR count). The molecule has 1 aliphatic rings. The molecule has 0 spiro atoms. The molecule has 6 nitrogen and oxygen atoms in total. The number of thiophene rings is 1. The Balaban J connectivity index is 1.42. The van der Waals surface area contributed by atoms with E-state index in [1.165, 1.54) is 28.2 Å². The quantitative estimate of drug-likeness (QED) is 0.537. The highest BCUT2D eigenvalue weighted by Gasteiger charge is 2.18. The Morgan fingerprint density at radius 2 is 1.86 bits per heavy atom. The van der Waals surface area contributed by atoms with E-state index in [1.54, 1.807) is 0 Å². The topological polar surface area (TPSA) is 84.5 Å². The van der Waals surface area contributed by atoms with Gasteiger partial charge in [-0.05, 0) is 55.4 Å². The van der Waals surface area contributed by atoms with Crippen LogP contribution in [-0.2, 0) is 33.6 Å². The van der Waals surface area contributed by atoms with Crippen molar-refractivity contribution in [2.75, 3.05) is 18.5 Å². The van der Waals surface area contributed by atoms with Crippen LogP contribution in [0.15, 0.2) is 30.3 Å². The van der Waals surface area contributed by atoms with E-state index < -0.39 is 18.5 Å². The van der Waals surface area contributed by atoms with Crippen LogP contribution in [0.3, 0.4) is 0 Å². The van der Waals surface area contributed by atoms with Crippen LogP contribution in [0.5, 0.6) is 0 Å². The summed E-state index contributed by atoms with van der Waals surface area (Å²) < 4.78 is 5.11. The minimum absolute atomic E-state index is 0.179. The maximum absolute atomic E-state index is 12.2. The third-order valence-electron chi connectivity index (χ3n) is 4.90. The lowest BCUT2D eigenvalue weighted by molar-refractivity contribution is -0.126. The van der Waals surface area contributed by atoms with Gasteiger partial charge >= 0.3 is 5.97 Å². The second-order valence-corrected chi connectivity index (χ2v) is 8.17. The molecule has 0 bridgehead atoms. The van der Waals surface area contributed by atoms with Crippen molar-refractivity contribution >= 4 is 34.8 Å². The average Bonchev–Trinajstić information content (AvgIpc) is 3.01. The van der Waals surface area contributed by atoms with Gasteiger partial charge < -0.3 is 15.4 Å². The Kier molecular flexibility index (Phi) is 7.41. The number of carbonyl (C=O) groups excluding carboxylic acids is 3. The van der Waals surface area contributed by atoms with E-state index in [9.17, 15) is 14.4 Å². The number of ether oxygens (including phenoxy) is 1. The fraction of sp³-hybridized carbons (Fsp3) is 0.409. The van der Waals surface area contributed by atoms with Crippen LogP contribution in [-0.4, -0.2) is 30.9 Å². The van der Waals surface area contributed by atoms with E-state index >= 15 is 0 Å². The summed E-state index contributed by atoms with van der Waals surface area (Å²) >= 11 is 1.46. The summed E-state index contributed by atoms with van der Waals surface area (Å²) in [4.78, 5) is 38.0. The zero-order valence-electron chi connectivity index (χ0n) is 16.6. The van der Waals surface area contributed by atoms with Crippen molar-refractivity contribution in [2.45, 2.75) is 45.4 Å². The van der Waals surface area contributed by atoms with Gasteiger partial charge in [-0.3, -0.25) is 9.59 Å². The fourth-order valence-electron chi connectivity index (χ4n) is 3.35. The maximum atomic E-state index is 12.2. The Morgan fingerprint density at radius 1 is 1.07 bits per heavy atom. The lowest BCUT2D eigenvalue weighted by Crippen LogP contribution is -2.35. The highest BCUT2D eigenvalue weighted by molar-refractivity contribution is 7.14. The number of aryl methyl sites for hydroxylation is 3. The standard InChI is InChI=1S/C22H26N2O4S/c1-2-15-8-6-7-10-17(15)24-20(25)13-23-21(26)14-28-22(27)19-12-16-9-4-3-5-11-18(16)29-19/h6-8,10,12H,2-5,9,11,13-14H2,1H3,(H,23,26)(H,24,25). The minimum Gasteiger partial charge on any atom is -0.451 e. The van der Waals surface area contributed by atoms with Crippen molar-refractivity contribution in [2.24, 2.45) is 0 Å². The number of rotatable bonds is 7. The number of benzene rings is 1. The summed E-state index contributed by atoms with van der Waals surface area (Å²) in [6, 6.07) is 9.41. The number of para-hydroxylation sites is 1. The Bertz CT molecular complexity index is 867. The van der Waals surface area contributed by atoms with Gasteiger partial charge in [-0.1, -0.05) is 31.5 Å².